The Morgan fingerprint density at radius 2 is 2.03 bits per heavy atom. The molecule has 0 unspecified atom stereocenters. The lowest BCUT2D eigenvalue weighted by Gasteiger charge is -2.22. The van der Waals surface area contributed by atoms with Crippen LogP contribution in [-0.4, -0.2) is 36.0 Å². The maximum absolute atomic E-state index is 13.6. The fraction of sp³-hybridized carbons (Fsp3) is 0.360. The number of carbonyl (C=O) groups is 1. The number of methoxy groups -OCH3 is 1. The molecule has 162 valence electrons. The van der Waals surface area contributed by atoms with Gasteiger partial charge in [-0.3, -0.25) is 4.79 Å². The molecular weight excluding hydrogens is 406 g/mol. The van der Waals surface area contributed by atoms with Crippen molar-refractivity contribution in [2.45, 2.75) is 33.1 Å². The van der Waals surface area contributed by atoms with Gasteiger partial charge in [-0.1, -0.05) is 53.3 Å². The number of thiazole rings is 1. The summed E-state index contributed by atoms with van der Waals surface area (Å²) < 4.78 is 5.36. The number of aromatic nitrogens is 1. The first-order valence-corrected chi connectivity index (χ1v) is 11.5. The van der Waals surface area contributed by atoms with Gasteiger partial charge in [0.15, 0.2) is 5.13 Å². The number of carbonyl (C=O) groups excluding carboxylic acids is 1. The molecule has 31 heavy (non-hydrogen) atoms. The van der Waals surface area contributed by atoms with Gasteiger partial charge in [-0.2, -0.15) is 0 Å². The molecule has 1 aliphatic rings. The summed E-state index contributed by atoms with van der Waals surface area (Å²) in [5, 5.41) is 0.428. The van der Waals surface area contributed by atoms with Crippen molar-refractivity contribution in [1.29, 1.82) is 0 Å². The Hall–Kier alpha value is -2.86. The summed E-state index contributed by atoms with van der Waals surface area (Å²) in [4.78, 5) is 20.8. The second-order valence-electron chi connectivity index (χ2n) is 8.35. The molecule has 3 aromatic rings. The molecule has 4 rings (SSSR count). The van der Waals surface area contributed by atoms with Crippen molar-refractivity contribution < 1.29 is 9.53 Å². The Labute approximate surface area is 187 Å². The van der Waals surface area contributed by atoms with Crippen LogP contribution in [0.2, 0.25) is 0 Å². The molecule has 5 nitrogen and oxygen atoms in total. The average Bonchev–Trinajstić information content (AvgIpc) is 3.49. The van der Waals surface area contributed by atoms with Crippen LogP contribution in [0.5, 0.6) is 5.75 Å². The molecule has 0 bridgehead atoms. The minimum Gasteiger partial charge on any atom is -0.496 e. The monoisotopic (exact) mass is 435 g/mol. The van der Waals surface area contributed by atoms with Gasteiger partial charge < -0.3 is 15.4 Å². The van der Waals surface area contributed by atoms with E-state index in [4.69, 9.17) is 10.5 Å². The number of rotatable bonds is 8. The van der Waals surface area contributed by atoms with Gasteiger partial charge in [0, 0.05) is 13.1 Å². The number of anilines is 1. The molecule has 1 fully saturated rings. The molecule has 2 N–H and O–H groups in total. The van der Waals surface area contributed by atoms with Crippen LogP contribution >= 0.6 is 11.3 Å². The zero-order chi connectivity index (χ0) is 22.0. The van der Waals surface area contributed by atoms with Crippen molar-refractivity contribution in [2.24, 2.45) is 5.92 Å². The molecule has 0 aliphatic heterocycles. The Morgan fingerprint density at radius 1 is 1.23 bits per heavy atom. The number of nitrogens with two attached hydrogens (primary N) is 1. The summed E-state index contributed by atoms with van der Waals surface area (Å²) >= 11 is 1.38. The SMILES string of the molecule is COc1ccc(CCN(CC2CC2)C(=O)c2nc(N)sc2-c2cccc(C)c2)cc1C. The standard InChI is InChI=1S/C25H29N3O2S/c1-16-5-4-6-20(13-16)23-22(27-25(26)31-23)24(29)28(15-19-7-8-19)12-11-18-9-10-21(30-3)17(2)14-18/h4-6,9-10,13-14,19H,7-8,11-12,15H2,1-3H3,(H2,26,27). The number of aryl methyl sites for hydroxylation is 2. The van der Waals surface area contributed by atoms with Crippen molar-refractivity contribution in [3.8, 4) is 16.2 Å². The molecule has 0 radical (unpaired) electrons. The van der Waals surface area contributed by atoms with Gasteiger partial charge in [0.2, 0.25) is 0 Å². The van der Waals surface area contributed by atoms with Crippen LogP contribution in [0.3, 0.4) is 0 Å². The van der Waals surface area contributed by atoms with E-state index in [9.17, 15) is 4.79 Å². The number of nitrogens with zero attached hydrogens (tertiary/aromatic N) is 2. The van der Waals surface area contributed by atoms with Gasteiger partial charge in [0.05, 0.1) is 12.0 Å². The van der Waals surface area contributed by atoms with Crippen LogP contribution in [0, 0.1) is 19.8 Å². The molecule has 2 aromatic carbocycles. The second-order valence-corrected chi connectivity index (χ2v) is 9.38. The first-order valence-electron chi connectivity index (χ1n) is 10.7. The zero-order valence-electron chi connectivity index (χ0n) is 18.4. The number of amides is 1. The van der Waals surface area contributed by atoms with Crippen molar-refractivity contribution in [3.63, 3.8) is 0 Å². The third kappa shape index (κ3) is 5.07. The van der Waals surface area contributed by atoms with E-state index < -0.39 is 0 Å². The fourth-order valence-corrected chi connectivity index (χ4v) is 4.68. The Balaban J connectivity index is 1.57. The highest BCUT2D eigenvalue weighted by Crippen LogP contribution is 2.35. The largest absolute Gasteiger partial charge is 0.496 e. The number of hydrogen-bond donors (Lipinski definition) is 1. The molecule has 1 amide bonds. The van der Waals surface area contributed by atoms with Crippen molar-refractivity contribution in [1.82, 2.24) is 9.88 Å². The van der Waals surface area contributed by atoms with Crippen LogP contribution < -0.4 is 10.5 Å². The average molecular weight is 436 g/mol. The molecule has 0 spiro atoms. The van der Waals surface area contributed by atoms with E-state index in [0.29, 0.717) is 23.3 Å². The van der Waals surface area contributed by atoms with Crippen molar-refractivity contribution in [2.75, 3.05) is 25.9 Å². The lowest BCUT2D eigenvalue weighted by Crippen LogP contribution is -2.35. The Morgan fingerprint density at radius 3 is 2.71 bits per heavy atom. The lowest BCUT2D eigenvalue weighted by atomic mass is 10.1. The quantitative estimate of drug-likeness (QED) is 0.534. The smallest absolute Gasteiger partial charge is 0.274 e. The van der Waals surface area contributed by atoms with E-state index in [0.717, 1.165) is 40.3 Å². The highest BCUT2D eigenvalue weighted by atomic mass is 32.1. The van der Waals surface area contributed by atoms with Gasteiger partial charge in [0.25, 0.3) is 5.91 Å². The van der Waals surface area contributed by atoms with Gasteiger partial charge >= 0.3 is 0 Å². The summed E-state index contributed by atoms with van der Waals surface area (Å²) in [5.74, 6) is 1.46. The van der Waals surface area contributed by atoms with Gasteiger partial charge in [0.1, 0.15) is 11.4 Å². The van der Waals surface area contributed by atoms with Gasteiger partial charge in [-0.25, -0.2) is 4.98 Å². The summed E-state index contributed by atoms with van der Waals surface area (Å²) in [6.07, 6.45) is 3.17. The molecule has 1 heterocycles. The predicted octanol–water partition coefficient (Wildman–Crippen LogP) is 5.11. The number of hydrogen-bond acceptors (Lipinski definition) is 5. The van der Waals surface area contributed by atoms with Crippen LogP contribution in [0.15, 0.2) is 42.5 Å². The minimum absolute atomic E-state index is 0.0263. The molecule has 6 heteroatoms. The predicted molar refractivity (Wildman–Crippen MR) is 127 cm³/mol. The molecule has 1 aliphatic carbocycles. The van der Waals surface area contributed by atoms with E-state index in [1.54, 1.807) is 7.11 Å². The molecule has 1 aromatic heterocycles. The van der Waals surface area contributed by atoms with E-state index >= 15 is 0 Å². The van der Waals surface area contributed by atoms with Crippen molar-refractivity contribution in [3.05, 3.63) is 64.8 Å². The topological polar surface area (TPSA) is 68.5 Å². The normalized spacial score (nSPS) is 13.3. The zero-order valence-corrected chi connectivity index (χ0v) is 19.2. The van der Waals surface area contributed by atoms with Crippen LogP contribution in [0.4, 0.5) is 5.13 Å². The first kappa shape index (κ1) is 21.4. The maximum Gasteiger partial charge on any atom is 0.274 e. The molecule has 0 saturated heterocycles. The summed E-state index contributed by atoms with van der Waals surface area (Å²) in [5.41, 5.74) is 11.0. The highest BCUT2D eigenvalue weighted by molar-refractivity contribution is 7.19. The minimum atomic E-state index is -0.0263. The van der Waals surface area contributed by atoms with E-state index in [1.165, 1.54) is 29.7 Å². The third-order valence-corrected chi connectivity index (χ3v) is 6.65. The molecule has 1 saturated carbocycles. The third-order valence-electron chi connectivity index (χ3n) is 5.72. The maximum atomic E-state index is 13.6. The Bertz CT molecular complexity index is 1090. The number of nitrogen functional groups attached to an aromatic ring is 1. The second kappa shape index (κ2) is 9.10. The van der Waals surface area contributed by atoms with Gasteiger partial charge in [-0.05, 0) is 61.8 Å². The number of ether oxygens (including phenoxy) is 1. The van der Waals surface area contributed by atoms with Crippen LogP contribution in [0.25, 0.3) is 10.4 Å². The van der Waals surface area contributed by atoms with E-state index in [-0.39, 0.29) is 5.91 Å². The number of benzene rings is 2. The molecular formula is C25H29N3O2S. The van der Waals surface area contributed by atoms with Gasteiger partial charge in [-0.15, -0.1) is 0 Å². The van der Waals surface area contributed by atoms with E-state index in [1.807, 2.05) is 43.0 Å². The van der Waals surface area contributed by atoms with Crippen LogP contribution in [0.1, 0.15) is 40.0 Å². The first-order chi connectivity index (χ1) is 14.9. The highest BCUT2D eigenvalue weighted by Gasteiger charge is 2.30. The van der Waals surface area contributed by atoms with Crippen LogP contribution in [-0.2, 0) is 6.42 Å². The van der Waals surface area contributed by atoms with Crippen molar-refractivity contribution >= 4 is 22.4 Å². The summed E-state index contributed by atoms with van der Waals surface area (Å²) in [7, 11) is 1.68. The molecule has 0 atom stereocenters. The lowest BCUT2D eigenvalue weighted by molar-refractivity contribution is 0.0745. The Kier molecular flexibility index (Phi) is 6.28. The summed E-state index contributed by atoms with van der Waals surface area (Å²) in [6, 6.07) is 14.3. The summed E-state index contributed by atoms with van der Waals surface area (Å²) in [6.45, 7) is 5.53. The fourth-order valence-electron chi connectivity index (χ4n) is 3.86. The van der Waals surface area contributed by atoms with E-state index in [2.05, 4.69) is 23.2 Å².